The lowest BCUT2D eigenvalue weighted by Crippen LogP contribution is -2.33. The highest BCUT2D eigenvalue weighted by molar-refractivity contribution is 5.91. The van der Waals surface area contributed by atoms with Crippen LogP contribution in [0.4, 0.5) is 0 Å². The molecule has 1 saturated carbocycles. The minimum Gasteiger partial charge on any atom is -0.454 e. The molecule has 0 aromatic heterocycles. The second kappa shape index (κ2) is 3.25. The van der Waals surface area contributed by atoms with Gasteiger partial charge in [-0.25, -0.2) is 0 Å². The molecule has 2 bridgehead atoms. The van der Waals surface area contributed by atoms with Gasteiger partial charge in [-0.2, -0.15) is 0 Å². The Morgan fingerprint density at radius 2 is 1.94 bits per heavy atom. The van der Waals surface area contributed by atoms with Crippen molar-refractivity contribution in [3.63, 3.8) is 0 Å². The van der Waals surface area contributed by atoms with Gasteiger partial charge in [0.05, 0.1) is 0 Å². The fraction of sp³-hybridized carbons (Fsp3) is 0.500. The number of carbonyl (C=O) groups excluding carboxylic acids is 1. The molecule has 0 saturated heterocycles. The SMILES string of the molecule is O=C1C2CCCC1c1cc3c(cc1C2)OCO3. The molecule has 1 aromatic rings. The van der Waals surface area contributed by atoms with E-state index in [9.17, 15) is 4.79 Å². The zero-order valence-corrected chi connectivity index (χ0v) is 9.57. The van der Waals surface area contributed by atoms with Crippen molar-refractivity contribution in [1.82, 2.24) is 0 Å². The molecular weight excluding hydrogens is 216 g/mol. The molecule has 0 spiro atoms. The molecule has 3 heteroatoms. The molecule has 4 rings (SSSR count). The number of benzene rings is 1. The highest BCUT2D eigenvalue weighted by atomic mass is 16.7. The molecule has 3 nitrogen and oxygen atoms in total. The zero-order valence-electron chi connectivity index (χ0n) is 9.57. The Hall–Kier alpha value is -1.51. The van der Waals surface area contributed by atoms with E-state index in [1.54, 1.807) is 0 Å². The fourth-order valence-corrected chi connectivity index (χ4v) is 3.42. The fourth-order valence-electron chi connectivity index (χ4n) is 3.42. The minimum absolute atomic E-state index is 0.118. The molecule has 1 aliphatic heterocycles. The molecule has 2 atom stereocenters. The number of ketones is 1. The number of hydrogen-bond acceptors (Lipinski definition) is 3. The molecule has 1 aromatic carbocycles. The maximum atomic E-state index is 12.2. The van der Waals surface area contributed by atoms with Crippen LogP contribution < -0.4 is 9.47 Å². The molecule has 17 heavy (non-hydrogen) atoms. The number of rotatable bonds is 0. The van der Waals surface area contributed by atoms with Crippen LogP contribution >= 0.6 is 0 Å². The molecule has 0 amide bonds. The lowest BCUT2D eigenvalue weighted by molar-refractivity contribution is -0.126. The van der Waals surface area contributed by atoms with Crippen molar-refractivity contribution >= 4 is 5.78 Å². The summed E-state index contributed by atoms with van der Waals surface area (Å²) in [6.07, 6.45) is 4.13. The van der Waals surface area contributed by atoms with Crippen molar-refractivity contribution in [3.8, 4) is 11.5 Å². The summed E-state index contributed by atoms with van der Waals surface area (Å²) in [6.45, 7) is 0.306. The first-order valence-electron chi connectivity index (χ1n) is 6.29. The summed E-state index contributed by atoms with van der Waals surface area (Å²) >= 11 is 0. The van der Waals surface area contributed by atoms with Crippen molar-refractivity contribution in [3.05, 3.63) is 23.3 Å². The van der Waals surface area contributed by atoms with Crippen LogP contribution in [0.5, 0.6) is 11.5 Å². The minimum atomic E-state index is 0.118. The van der Waals surface area contributed by atoms with Gasteiger partial charge in [0.25, 0.3) is 0 Å². The first kappa shape index (κ1) is 9.51. The molecule has 2 unspecified atom stereocenters. The molecule has 1 fully saturated rings. The van der Waals surface area contributed by atoms with E-state index in [1.165, 1.54) is 17.5 Å². The van der Waals surface area contributed by atoms with Crippen molar-refractivity contribution in [2.45, 2.75) is 31.6 Å². The molecular formula is C14H14O3. The second-order valence-electron chi connectivity index (χ2n) is 5.19. The maximum absolute atomic E-state index is 12.2. The summed E-state index contributed by atoms with van der Waals surface area (Å²) < 4.78 is 10.8. The van der Waals surface area contributed by atoms with Gasteiger partial charge in [-0.1, -0.05) is 6.42 Å². The van der Waals surface area contributed by atoms with Crippen LogP contribution in [0.15, 0.2) is 12.1 Å². The van der Waals surface area contributed by atoms with Gasteiger partial charge >= 0.3 is 0 Å². The number of hydrogen-bond donors (Lipinski definition) is 0. The van der Waals surface area contributed by atoms with E-state index in [4.69, 9.17) is 9.47 Å². The molecule has 2 aliphatic carbocycles. The molecule has 88 valence electrons. The third-order valence-electron chi connectivity index (χ3n) is 4.27. The van der Waals surface area contributed by atoms with Crippen molar-refractivity contribution in [2.24, 2.45) is 5.92 Å². The first-order valence-corrected chi connectivity index (χ1v) is 6.29. The third kappa shape index (κ3) is 1.25. The van der Waals surface area contributed by atoms with E-state index in [2.05, 4.69) is 6.07 Å². The van der Waals surface area contributed by atoms with Crippen LogP contribution in [-0.2, 0) is 11.2 Å². The summed E-state index contributed by atoms with van der Waals surface area (Å²) in [6, 6.07) is 4.11. The van der Waals surface area contributed by atoms with Crippen LogP contribution in [0.2, 0.25) is 0 Å². The summed E-state index contributed by atoms with van der Waals surface area (Å²) in [4.78, 5) is 12.2. The largest absolute Gasteiger partial charge is 0.454 e. The van der Waals surface area contributed by atoms with Gasteiger partial charge in [-0.05, 0) is 42.5 Å². The third-order valence-corrected chi connectivity index (χ3v) is 4.27. The first-order chi connectivity index (χ1) is 8.33. The quantitative estimate of drug-likeness (QED) is 0.686. The van der Waals surface area contributed by atoms with E-state index >= 15 is 0 Å². The Labute approximate surface area is 99.7 Å². The van der Waals surface area contributed by atoms with E-state index in [-0.39, 0.29) is 11.8 Å². The average Bonchev–Trinajstić information content (AvgIpc) is 2.75. The zero-order chi connectivity index (χ0) is 11.4. The van der Waals surface area contributed by atoms with Gasteiger partial charge in [0.15, 0.2) is 11.5 Å². The Balaban J connectivity index is 1.88. The highest BCUT2D eigenvalue weighted by Gasteiger charge is 2.38. The van der Waals surface area contributed by atoms with Crippen LogP contribution in [0.25, 0.3) is 0 Å². The smallest absolute Gasteiger partial charge is 0.231 e. The highest BCUT2D eigenvalue weighted by Crippen LogP contribution is 2.46. The van der Waals surface area contributed by atoms with E-state index < -0.39 is 0 Å². The van der Waals surface area contributed by atoms with Crippen LogP contribution in [0.1, 0.15) is 36.3 Å². The Morgan fingerprint density at radius 3 is 2.82 bits per heavy atom. The number of ether oxygens (including phenoxy) is 2. The predicted octanol–water partition coefficient (Wildman–Crippen LogP) is 2.42. The molecule has 0 N–H and O–H groups in total. The summed E-state index contributed by atoms with van der Waals surface area (Å²) in [5, 5.41) is 0. The van der Waals surface area contributed by atoms with Gasteiger partial charge < -0.3 is 9.47 Å². The molecule has 0 radical (unpaired) electrons. The molecule has 1 heterocycles. The number of Topliss-reactive ketones (excluding diaryl/α,β-unsaturated/α-hetero) is 1. The maximum Gasteiger partial charge on any atom is 0.231 e. The number of carbonyl (C=O) groups is 1. The predicted molar refractivity (Wildman–Crippen MR) is 61.4 cm³/mol. The summed E-state index contributed by atoms with van der Waals surface area (Å²) in [5.41, 5.74) is 2.48. The standard InChI is InChI=1S/C14H14O3/c15-14-8-2-1-3-10(14)11-6-13-12(16-7-17-13)5-9(11)4-8/h5-6,8,10H,1-4,7H2. The number of fused-ring (bicyclic) bond motifs is 5. The van der Waals surface area contributed by atoms with Crippen LogP contribution in [0.3, 0.4) is 0 Å². The topological polar surface area (TPSA) is 35.5 Å². The van der Waals surface area contributed by atoms with Crippen LogP contribution in [0, 0.1) is 5.92 Å². The van der Waals surface area contributed by atoms with Crippen molar-refractivity contribution in [1.29, 1.82) is 0 Å². The van der Waals surface area contributed by atoms with Crippen molar-refractivity contribution < 1.29 is 14.3 Å². The lowest BCUT2D eigenvalue weighted by atomic mass is 9.68. The lowest BCUT2D eigenvalue weighted by Gasteiger charge is -2.34. The average molecular weight is 230 g/mol. The van der Waals surface area contributed by atoms with Gasteiger partial charge in [0.2, 0.25) is 6.79 Å². The van der Waals surface area contributed by atoms with Gasteiger partial charge in [0, 0.05) is 11.8 Å². The second-order valence-corrected chi connectivity index (χ2v) is 5.19. The summed E-state index contributed by atoms with van der Waals surface area (Å²) in [7, 11) is 0. The molecule has 3 aliphatic rings. The van der Waals surface area contributed by atoms with Crippen molar-refractivity contribution in [2.75, 3.05) is 6.79 Å². The van der Waals surface area contributed by atoms with E-state index in [0.717, 1.165) is 30.8 Å². The van der Waals surface area contributed by atoms with Gasteiger partial charge in [-0.15, -0.1) is 0 Å². The van der Waals surface area contributed by atoms with Gasteiger partial charge in [-0.3, -0.25) is 4.79 Å². The Morgan fingerprint density at radius 1 is 1.12 bits per heavy atom. The van der Waals surface area contributed by atoms with Gasteiger partial charge in [0.1, 0.15) is 5.78 Å². The Kier molecular flexibility index (Phi) is 1.82. The van der Waals surface area contributed by atoms with Crippen LogP contribution in [-0.4, -0.2) is 12.6 Å². The normalized spacial score (nSPS) is 29.1. The van der Waals surface area contributed by atoms with E-state index in [1.807, 2.05) is 6.07 Å². The van der Waals surface area contributed by atoms with E-state index in [0.29, 0.717) is 12.6 Å². The Bertz CT molecular complexity index is 506. The monoisotopic (exact) mass is 230 g/mol. The summed E-state index contributed by atoms with van der Waals surface area (Å²) in [5.74, 6) is 2.47.